The Morgan fingerprint density at radius 3 is 2.46 bits per heavy atom. The fourth-order valence-corrected chi connectivity index (χ4v) is 0.918. The van der Waals surface area contributed by atoms with E-state index in [0.717, 1.165) is 12.1 Å². The van der Waals surface area contributed by atoms with Gasteiger partial charge in [0.25, 0.3) is 0 Å². The number of alkyl halides is 3. The van der Waals surface area contributed by atoms with E-state index in [1.54, 1.807) is 0 Å². The van der Waals surface area contributed by atoms with Crippen molar-refractivity contribution in [3.63, 3.8) is 0 Å². The van der Waals surface area contributed by atoms with Gasteiger partial charge in [-0.25, -0.2) is 0 Å². The molecule has 0 saturated heterocycles. The van der Waals surface area contributed by atoms with Crippen molar-refractivity contribution in [2.24, 2.45) is 0 Å². The molecule has 70 valence electrons. The number of aldehydes is 1. The lowest BCUT2D eigenvalue weighted by Crippen LogP contribution is -2.07. The molecule has 0 bridgehead atoms. The first-order chi connectivity index (χ1) is 5.93. The number of aromatic nitrogens is 1. The van der Waals surface area contributed by atoms with Gasteiger partial charge in [-0.05, 0) is 19.1 Å². The number of carbonyl (C=O) groups is 1. The van der Waals surface area contributed by atoms with Gasteiger partial charge in [-0.1, -0.05) is 0 Å². The number of nitrogens with zero attached hydrogens (tertiary/aromatic N) is 1. The van der Waals surface area contributed by atoms with E-state index in [-0.39, 0.29) is 11.4 Å². The molecule has 0 fully saturated rings. The molecule has 13 heavy (non-hydrogen) atoms. The van der Waals surface area contributed by atoms with Crippen molar-refractivity contribution in [2.45, 2.75) is 13.1 Å². The van der Waals surface area contributed by atoms with Crippen molar-refractivity contribution in [1.82, 2.24) is 4.98 Å². The molecular weight excluding hydrogens is 183 g/mol. The standard InChI is InChI=1S/C8H6F3NO/c1-5-2-6(8(9,10)11)3-7(4-13)12-5/h2-4H,1H3. The average Bonchev–Trinajstić information content (AvgIpc) is 2.01. The summed E-state index contributed by atoms with van der Waals surface area (Å²) in [6.07, 6.45) is -4.13. The molecule has 0 spiro atoms. The molecule has 0 N–H and O–H groups in total. The zero-order valence-electron chi connectivity index (χ0n) is 6.72. The molecule has 0 saturated carbocycles. The molecule has 5 heteroatoms. The smallest absolute Gasteiger partial charge is 0.296 e. The predicted molar refractivity (Wildman–Crippen MR) is 39.4 cm³/mol. The molecule has 1 aromatic heterocycles. The summed E-state index contributed by atoms with van der Waals surface area (Å²) in [4.78, 5) is 13.8. The Balaban J connectivity index is 3.24. The number of aryl methyl sites for hydroxylation is 1. The highest BCUT2D eigenvalue weighted by Gasteiger charge is 2.31. The third kappa shape index (κ3) is 2.27. The molecule has 1 aromatic rings. The normalized spacial score (nSPS) is 11.4. The van der Waals surface area contributed by atoms with Gasteiger partial charge < -0.3 is 0 Å². The molecule has 1 heterocycles. The molecule has 0 unspecified atom stereocenters. The van der Waals surface area contributed by atoms with Gasteiger partial charge in [0.2, 0.25) is 0 Å². The van der Waals surface area contributed by atoms with E-state index < -0.39 is 11.7 Å². The molecule has 0 amide bonds. The van der Waals surface area contributed by atoms with E-state index in [1.807, 2.05) is 0 Å². The molecular formula is C8H6F3NO. The van der Waals surface area contributed by atoms with Crippen LogP contribution >= 0.6 is 0 Å². The van der Waals surface area contributed by atoms with Crippen LogP contribution in [-0.2, 0) is 6.18 Å². The van der Waals surface area contributed by atoms with Crippen LogP contribution < -0.4 is 0 Å². The Labute approximate surface area is 72.4 Å². The molecule has 0 atom stereocenters. The first kappa shape index (κ1) is 9.70. The van der Waals surface area contributed by atoms with Crippen molar-refractivity contribution in [3.05, 3.63) is 29.1 Å². The van der Waals surface area contributed by atoms with E-state index in [4.69, 9.17) is 0 Å². The first-order valence-corrected chi connectivity index (χ1v) is 3.44. The van der Waals surface area contributed by atoms with Crippen LogP contribution in [0.4, 0.5) is 13.2 Å². The lowest BCUT2D eigenvalue weighted by atomic mass is 10.2. The fourth-order valence-electron chi connectivity index (χ4n) is 0.918. The minimum absolute atomic E-state index is 0.178. The fraction of sp³-hybridized carbons (Fsp3) is 0.250. The van der Waals surface area contributed by atoms with Crippen LogP contribution in [0.1, 0.15) is 21.7 Å². The maximum atomic E-state index is 12.1. The lowest BCUT2D eigenvalue weighted by molar-refractivity contribution is -0.137. The summed E-state index contributed by atoms with van der Waals surface area (Å²) >= 11 is 0. The van der Waals surface area contributed by atoms with Gasteiger partial charge in [0, 0.05) is 5.69 Å². The third-order valence-electron chi connectivity index (χ3n) is 1.42. The Hall–Kier alpha value is -1.39. The van der Waals surface area contributed by atoms with Gasteiger partial charge in [-0.3, -0.25) is 9.78 Å². The van der Waals surface area contributed by atoms with Gasteiger partial charge in [-0.15, -0.1) is 0 Å². The van der Waals surface area contributed by atoms with E-state index in [9.17, 15) is 18.0 Å². The van der Waals surface area contributed by atoms with Crippen molar-refractivity contribution < 1.29 is 18.0 Å². The Morgan fingerprint density at radius 1 is 1.38 bits per heavy atom. The minimum atomic E-state index is -4.43. The second-order valence-electron chi connectivity index (χ2n) is 2.54. The van der Waals surface area contributed by atoms with Gasteiger partial charge in [-0.2, -0.15) is 13.2 Å². The maximum absolute atomic E-state index is 12.1. The molecule has 0 aliphatic carbocycles. The molecule has 0 radical (unpaired) electrons. The van der Waals surface area contributed by atoms with E-state index in [2.05, 4.69) is 4.98 Å². The summed E-state index contributed by atoms with van der Waals surface area (Å²) in [6, 6.07) is 1.62. The second kappa shape index (κ2) is 3.16. The zero-order chi connectivity index (χ0) is 10.1. The van der Waals surface area contributed by atoms with Crippen molar-refractivity contribution in [3.8, 4) is 0 Å². The Morgan fingerprint density at radius 2 is 2.00 bits per heavy atom. The van der Waals surface area contributed by atoms with E-state index >= 15 is 0 Å². The zero-order valence-corrected chi connectivity index (χ0v) is 6.72. The molecule has 2 nitrogen and oxygen atoms in total. The highest BCUT2D eigenvalue weighted by molar-refractivity contribution is 5.72. The summed E-state index contributed by atoms with van der Waals surface area (Å²) in [6.45, 7) is 1.40. The SMILES string of the molecule is Cc1cc(C(F)(F)F)cc(C=O)n1. The number of rotatable bonds is 1. The minimum Gasteiger partial charge on any atom is -0.296 e. The Kier molecular flexibility index (Phi) is 2.36. The second-order valence-corrected chi connectivity index (χ2v) is 2.54. The highest BCUT2D eigenvalue weighted by atomic mass is 19.4. The van der Waals surface area contributed by atoms with Crippen LogP contribution in [0.15, 0.2) is 12.1 Å². The summed E-state index contributed by atoms with van der Waals surface area (Å²) in [5, 5.41) is 0. The Bertz CT molecular complexity index is 333. The largest absolute Gasteiger partial charge is 0.416 e. The van der Waals surface area contributed by atoms with Crippen LogP contribution in [0.5, 0.6) is 0 Å². The van der Waals surface area contributed by atoms with Gasteiger partial charge >= 0.3 is 6.18 Å². The van der Waals surface area contributed by atoms with Gasteiger partial charge in [0.1, 0.15) is 5.69 Å². The van der Waals surface area contributed by atoms with Crippen LogP contribution in [0, 0.1) is 6.92 Å². The van der Waals surface area contributed by atoms with Crippen LogP contribution in [0.3, 0.4) is 0 Å². The highest BCUT2D eigenvalue weighted by Crippen LogP contribution is 2.29. The number of hydrogen-bond acceptors (Lipinski definition) is 2. The van der Waals surface area contributed by atoms with Crippen molar-refractivity contribution in [2.75, 3.05) is 0 Å². The van der Waals surface area contributed by atoms with Crippen molar-refractivity contribution in [1.29, 1.82) is 0 Å². The van der Waals surface area contributed by atoms with Crippen LogP contribution in [0.2, 0.25) is 0 Å². The molecule has 0 aliphatic heterocycles. The monoisotopic (exact) mass is 189 g/mol. The summed E-state index contributed by atoms with van der Waals surface area (Å²) < 4.78 is 36.4. The number of hydrogen-bond donors (Lipinski definition) is 0. The van der Waals surface area contributed by atoms with Gasteiger partial charge in [0.05, 0.1) is 5.56 Å². The van der Waals surface area contributed by atoms with Gasteiger partial charge in [0.15, 0.2) is 6.29 Å². The number of pyridine rings is 1. The predicted octanol–water partition coefficient (Wildman–Crippen LogP) is 2.22. The topological polar surface area (TPSA) is 30.0 Å². The average molecular weight is 189 g/mol. The first-order valence-electron chi connectivity index (χ1n) is 3.44. The van der Waals surface area contributed by atoms with Crippen molar-refractivity contribution >= 4 is 6.29 Å². The van der Waals surface area contributed by atoms with E-state index in [0.29, 0.717) is 6.29 Å². The van der Waals surface area contributed by atoms with Crippen LogP contribution in [0.25, 0.3) is 0 Å². The summed E-state index contributed by atoms with van der Waals surface area (Å²) in [5.74, 6) is 0. The lowest BCUT2D eigenvalue weighted by Gasteiger charge is -2.07. The maximum Gasteiger partial charge on any atom is 0.416 e. The third-order valence-corrected chi connectivity index (χ3v) is 1.42. The molecule has 0 aliphatic rings. The number of halogens is 3. The molecule has 1 rings (SSSR count). The summed E-state index contributed by atoms with van der Waals surface area (Å²) in [7, 11) is 0. The quantitative estimate of drug-likeness (QED) is 0.634. The summed E-state index contributed by atoms with van der Waals surface area (Å²) in [5.41, 5.74) is -0.869. The number of carbonyl (C=O) groups excluding carboxylic acids is 1. The molecule has 0 aromatic carbocycles. The van der Waals surface area contributed by atoms with E-state index in [1.165, 1.54) is 6.92 Å². The van der Waals surface area contributed by atoms with Crippen LogP contribution in [-0.4, -0.2) is 11.3 Å².